The van der Waals surface area contributed by atoms with Crippen LogP contribution in [0.2, 0.25) is 10.0 Å². The molecule has 18 heavy (non-hydrogen) atoms. The zero-order valence-corrected chi connectivity index (χ0v) is 12.9. The third-order valence-corrected chi connectivity index (χ3v) is 3.83. The molecular weight excluding hydrogens is 269 g/mol. The van der Waals surface area contributed by atoms with Gasteiger partial charge in [0.1, 0.15) is 5.75 Å². The number of nitrogens with one attached hydrogen (secondary N) is 1. The van der Waals surface area contributed by atoms with E-state index in [0.29, 0.717) is 28.3 Å². The molecule has 0 amide bonds. The fourth-order valence-corrected chi connectivity index (χ4v) is 2.53. The molecule has 2 unspecified atom stereocenters. The van der Waals surface area contributed by atoms with Gasteiger partial charge in [-0.2, -0.15) is 0 Å². The van der Waals surface area contributed by atoms with E-state index in [9.17, 15) is 0 Å². The lowest BCUT2D eigenvalue weighted by Gasteiger charge is -2.24. The van der Waals surface area contributed by atoms with Gasteiger partial charge < -0.3 is 10.1 Å². The van der Waals surface area contributed by atoms with Crippen LogP contribution >= 0.6 is 23.2 Å². The lowest BCUT2D eigenvalue weighted by atomic mass is 9.92. The van der Waals surface area contributed by atoms with E-state index < -0.39 is 0 Å². The topological polar surface area (TPSA) is 21.3 Å². The van der Waals surface area contributed by atoms with Crippen molar-refractivity contribution in [3.05, 3.63) is 27.7 Å². The second kappa shape index (κ2) is 7.22. The van der Waals surface area contributed by atoms with Gasteiger partial charge in [-0.05, 0) is 31.5 Å². The first-order chi connectivity index (χ1) is 8.54. The lowest BCUT2D eigenvalue weighted by Crippen LogP contribution is -2.23. The van der Waals surface area contributed by atoms with Crippen molar-refractivity contribution in [2.45, 2.75) is 33.2 Å². The average Bonchev–Trinajstić information content (AvgIpc) is 2.35. The molecule has 0 saturated heterocycles. The predicted octanol–water partition coefficient (Wildman–Crippen LogP) is 4.70. The summed E-state index contributed by atoms with van der Waals surface area (Å²) in [7, 11) is 1.94. The van der Waals surface area contributed by atoms with Crippen LogP contribution in [0.5, 0.6) is 5.75 Å². The maximum Gasteiger partial charge on any atom is 0.139 e. The minimum atomic E-state index is 0.204. The molecule has 0 fully saturated rings. The summed E-state index contributed by atoms with van der Waals surface area (Å²) in [6.45, 7) is 6.87. The summed E-state index contributed by atoms with van der Waals surface area (Å²) in [5, 5.41) is 4.61. The lowest BCUT2D eigenvalue weighted by molar-refractivity contribution is 0.339. The largest absolute Gasteiger partial charge is 0.492 e. The first-order valence-corrected chi connectivity index (χ1v) is 7.09. The number of benzene rings is 1. The summed E-state index contributed by atoms with van der Waals surface area (Å²) in [5.74, 6) is 1.13. The van der Waals surface area contributed by atoms with Crippen molar-refractivity contribution < 1.29 is 4.74 Å². The molecule has 2 atom stereocenters. The second-order valence-corrected chi connectivity index (χ2v) is 5.20. The first-order valence-electron chi connectivity index (χ1n) is 6.34. The summed E-state index contributed by atoms with van der Waals surface area (Å²) < 4.78 is 5.44. The van der Waals surface area contributed by atoms with Gasteiger partial charge in [0, 0.05) is 17.1 Å². The van der Waals surface area contributed by atoms with Gasteiger partial charge in [0.25, 0.3) is 0 Å². The Balaban J connectivity index is 3.12. The third kappa shape index (κ3) is 3.53. The van der Waals surface area contributed by atoms with Crippen LogP contribution in [0, 0.1) is 5.92 Å². The van der Waals surface area contributed by atoms with Crippen molar-refractivity contribution in [1.82, 2.24) is 5.32 Å². The normalized spacial score (nSPS) is 14.3. The fraction of sp³-hybridized carbons (Fsp3) is 0.571. The van der Waals surface area contributed by atoms with Crippen LogP contribution in [0.4, 0.5) is 0 Å². The molecule has 1 aromatic carbocycles. The highest BCUT2D eigenvalue weighted by atomic mass is 35.5. The Morgan fingerprint density at radius 1 is 1.22 bits per heavy atom. The Morgan fingerprint density at radius 3 is 2.39 bits per heavy atom. The van der Waals surface area contributed by atoms with Crippen molar-refractivity contribution in [2.24, 2.45) is 5.92 Å². The summed E-state index contributed by atoms with van der Waals surface area (Å²) in [5.41, 5.74) is 1.03. The van der Waals surface area contributed by atoms with Crippen LogP contribution < -0.4 is 10.1 Å². The maximum atomic E-state index is 6.33. The zero-order valence-electron chi connectivity index (χ0n) is 11.4. The second-order valence-electron chi connectivity index (χ2n) is 4.39. The molecule has 0 saturated carbocycles. The number of halogens is 2. The highest BCUT2D eigenvalue weighted by Gasteiger charge is 2.20. The van der Waals surface area contributed by atoms with E-state index in [2.05, 4.69) is 19.2 Å². The minimum absolute atomic E-state index is 0.204. The van der Waals surface area contributed by atoms with Crippen molar-refractivity contribution in [3.8, 4) is 5.75 Å². The molecule has 1 N–H and O–H groups in total. The Bertz CT molecular complexity index is 396. The van der Waals surface area contributed by atoms with Gasteiger partial charge in [-0.15, -0.1) is 0 Å². The van der Waals surface area contributed by atoms with Crippen LogP contribution in [-0.2, 0) is 0 Å². The van der Waals surface area contributed by atoms with Crippen molar-refractivity contribution >= 4 is 23.2 Å². The van der Waals surface area contributed by atoms with E-state index in [1.54, 1.807) is 6.07 Å². The summed E-state index contributed by atoms with van der Waals surface area (Å²) in [6.07, 6.45) is 1.08. The van der Waals surface area contributed by atoms with Gasteiger partial charge in [-0.1, -0.05) is 43.5 Å². The van der Waals surface area contributed by atoms with Gasteiger partial charge in [0.05, 0.1) is 11.6 Å². The Labute approximate surface area is 120 Å². The first kappa shape index (κ1) is 15.6. The van der Waals surface area contributed by atoms with Crippen molar-refractivity contribution in [3.63, 3.8) is 0 Å². The Kier molecular flexibility index (Phi) is 6.27. The van der Waals surface area contributed by atoms with E-state index in [1.807, 2.05) is 20.0 Å². The monoisotopic (exact) mass is 289 g/mol. The molecule has 0 heterocycles. The molecule has 0 radical (unpaired) electrons. The SMILES string of the molecule is CCOc1cc(Cl)c(C(NC)C(C)CC)cc1Cl. The minimum Gasteiger partial charge on any atom is -0.492 e. The quantitative estimate of drug-likeness (QED) is 0.820. The number of ether oxygens (including phenoxy) is 1. The standard InChI is InChI=1S/C14H21Cl2NO/c1-5-9(3)14(17-4)10-7-12(16)13(18-6-2)8-11(10)15/h7-9,14,17H,5-6H2,1-4H3. The summed E-state index contributed by atoms with van der Waals surface area (Å²) >= 11 is 12.6. The molecule has 0 aromatic heterocycles. The molecule has 0 aliphatic rings. The Hall–Kier alpha value is -0.440. The highest BCUT2D eigenvalue weighted by molar-refractivity contribution is 6.34. The molecule has 0 aliphatic heterocycles. The number of hydrogen-bond donors (Lipinski definition) is 1. The smallest absolute Gasteiger partial charge is 0.139 e. The molecule has 0 bridgehead atoms. The molecule has 102 valence electrons. The average molecular weight is 290 g/mol. The predicted molar refractivity (Wildman–Crippen MR) is 78.9 cm³/mol. The number of hydrogen-bond acceptors (Lipinski definition) is 2. The fourth-order valence-electron chi connectivity index (χ4n) is 2.03. The zero-order chi connectivity index (χ0) is 13.7. The van der Waals surface area contributed by atoms with Gasteiger partial charge >= 0.3 is 0 Å². The van der Waals surface area contributed by atoms with E-state index in [1.165, 1.54) is 0 Å². The van der Waals surface area contributed by atoms with Crippen molar-refractivity contribution in [1.29, 1.82) is 0 Å². The Morgan fingerprint density at radius 2 is 1.89 bits per heavy atom. The van der Waals surface area contributed by atoms with Gasteiger partial charge in [-0.3, -0.25) is 0 Å². The van der Waals surface area contributed by atoms with Crippen LogP contribution in [-0.4, -0.2) is 13.7 Å². The summed E-state index contributed by atoms with van der Waals surface area (Å²) in [6, 6.07) is 3.91. The summed E-state index contributed by atoms with van der Waals surface area (Å²) in [4.78, 5) is 0. The maximum absolute atomic E-state index is 6.33. The van der Waals surface area contributed by atoms with Crippen LogP contribution in [0.1, 0.15) is 38.8 Å². The van der Waals surface area contributed by atoms with Crippen LogP contribution in [0.15, 0.2) is 12.1 Å². The molecule has 1 aromatic rings. The third-order valence-electron chi connectivity index (χ3n) is 3.21. The van der Waals surface area contributed by atoms with E-state index in [-0.39, 0.29) is 6.04 Å². The van der Waals surface area contributed by atoms with Crippen LogP contribution in [0.3, 0.4) is 0 Å². The molecule has 4 heteroatoms. The highest BCUT2D eigenvalue weighted by Crippen LogP contribution is 2.36. The van der Waals surface area contributed by atoms with Gasteiger partial charge in [0.2, 0.25) is 0 Å². The van der Waals surface area contributed by atoms with Crippen molar-refractivity contribution in [2.75, 3.05) is 13.7 Å². The van der Waals surface area contributed by atoms with E-state index in [4.69, 9.17) is 27.9 Å². The number of rotatable bonds is 6. The van der Waals surface area contributed by atoms with Gasteiger partial charge in [-0.25, -0.2) is 0 Å². The van der Waals surface area contributed by atoms with Gasteiger partial charge in [0.15, 0.2) is 0 Å². The molecule has 2 nitrogen and oxygen atoms in total. The van der Waals surface area contributed by atoms with E-state index in [0.717, 1.165) is 12.0 Å². The molecule has 0 spiro atoms. The van der Waals surface area contributed by atoms with Crippen LogP contribution in [0.25, 0.3) is 0 Å². The molecule has 0 aliphatic carbocycles. The molecule has 1 rings (SSSR count). The van der Waals surface area contributed by atoms with E-state index >= 15 is 0 Å². The molecular formula is C14H21Cl2NO.